The lowest BCUT2D eigenvalue weighted by Crippen LogP contribution is -2.48. The number of benzene rings is 1. The Morgan fingerprint density at radius 3 is 2.60 bits per heavy atom. The summed E-state index contributed by atoms with van der Waals surface area (Å²) in [5, 5.41) is 6.99. The highest BCUT2D eigenvalue weighted by molar-refractivity contribution is 14.0. The Morgan fingerprint density at radius 1 is 1.36 bits per heavy atom. The number of halogens is 2. The molecule has 1 aromatic rings. The summed E-state index contributed by atoms with van der Waals surface area (Å²) >= 11 is 3.51. The van der Waals surface area contributed by atoms with E-state index in [2.05, 4.69) is 75.1 Å². The summed E-state index contributed by atoms with van der Waals surface area (Å²) in [4.78, 5) is 6.84. The standard InChI is InChI=1S/C19H29BrN4.HI/c1-14(2)13-24-9-7-18(8-10-24)23-19(21-4)22-12-16-5-6-17(20)11-15(16)3;/h5-6,11,18H,1,7-10,12-13H2,2-4H3,(H2,21,22,23);1H. The molecule has 1 aromatic carbocycles. The number of nitrogens with one attached hydrogen (secondary N) is 2. The summed E-state index contributed by atoms with van der Waals surface area (Å²) in [7, 11) is 1.83. The molecule has 0 saturated carbocycles. The number of piperidine rings is 1. The number of hydrogen-bond donors (Lipinski definition) is 2. The average molecular weight is 521 g/mol. The lowest BCUT2D eigenvalue weighted by atomic mass is 10.0. The van der Waals surface area contributed by atoms with Gasteiger partial charge in [0, 0.05) is 43.7 Å². The van der Waals surface area contributed by atoms with Gasteiger partial charge in [0.1, 0.15) is 0 Å². The predicted octanol–water partition coefficient (Wildman–Crippen LogP) is 4.08. The van der Waals surface area contributed by atoms with Crippen molar-refractivity contribution in [2.45, 2.75) is 39.3 Å². The molecule has 0 spiro atoms. The van der Waals surface area contributed by atoms with Gasteiger partial charge in [-0.05, 0) is 49.9 Å². The minimum atomic E-state index is 0. The van der Waals surface area contributed by atoms with Gasteiger partial charge in [0.15, 0.2) is 5.96 Å². The molecule has 1 heterocycles. The molecule has 25 heavy (non-hydrogen) atoms. The van der Waals surface area contributed by atoms with Crippen LogP contribution >= 0.6 is 39.9 Å². The van der Waals surface area contributed by atoms with Crippen LogP contribution in [0.3, 0.4) is 0 Å². The minimum Gasteiger partial charge on any atom is -0.354 e. The number of likely N-dealkylation sites (tertiary alicyclic amines) is 1. The fraction of sp³-hybridized carbons (Fsp3) is 0.526. The van der Waals surface area contributed by atoms with Crippen LogP contribution in [-0.2, 0) is 6.54 Å². The van der Waals surface area contributed by atoms with Crippen LogP contribution in [0.15, 0.2) is 39.8 Å². The number of hydrogen-bond acceptors (Lipinski definition) is 2. The Kier molecular flexibility index (Phi) is 10.0. The van der Waals surface area contributed by atoms with E-state index in [9.17, 15) is 0 Å². The molecule has 0 atom stereocenters. The fourth-order valence-corrected chi connectivity index (χ4v) is 3.52. The molecule has 2 rings (SSSR count). The summed E-state index contributed by atoms with van der Waals surface area (Å²) in [6.07, 6.45) is 2.29. The highest BCUT2D eigenvalue weighted by atomic mass is 127. The third kappa shape index (κ3) is 7.66. The van der Waals surface area contributed by atoms with E-state index in [4.69, 9.17) is 0 Å². The van der Waals surface area contributed by atoms with Crippen molar-refractivity contribution in [2.24, 2.45) is 4.99 Å². The zero-order chi connectivity index (χ0) is 17.5. The van der Waals surface area contributed by atoms with Crippen LogP contribution in [0.5, 0.6) is 0 Å². The molecule has 140 valence electrons. The number of guanidine groups is 1. The second kappa shape index (κ2) is 11.2. The van der Waals surface area contributed by atoms with Crippen molar-refractivity contribution in [3.05, 3.63) is 46.0 Å². The zero-order valence-corrected chi connectivity index (χ0v) is 19.4. The Labute approximate surface area is 177 Å². The van der Waals surface area contributed by atoms with E-state index in [1.165, 1.54) is 16.7 Å². The smallest absolute Gasteiger partial charge is 0.191 e. The molecule has 1 aliphatic heterocycles. The first-order valence-electron chi connectivity index (χ1n) is 8.57. The molecule has 1 aliphatic rings. The van der Waals surface area contributed by atoms with Crippen molar-refractivity contribution in [3.63, 3.8) is 0 Å². The highest BCUT2D eigenvalue weighted by Crippen LogP contribution is 2.16. The molecule has 0 unspecified atom stereocenters. The van der Waals surface area contributed by atoms with Gasteiger partial charge in [-0.25, -0.2) is 0 Å². The summed E-state index contributed by atoms with van der Waals surface area (Å²) in [6, 6.07) is 6.86. The van der Waals surface area contributed by atoms with Crippen molar-refractivity contribution in [1.29, 1.82) is 0 Å². The van der Waals surface area contributed by atoms with Crippen molar-refractivity contribution < 1.29 is 0 Å². The quantitative estimate of drug-likeness (QED) is 0.266. The van der Waals surface area contributed by atoms with Gasteiger partial charge in [0.05, 0.1) is 0 Å². The monoisotopic (exact) mass is 520 g/mol. The van der Waals surface area contributed by atoms with Gasteiger partial charge >= 0.3 is 0 Å². The van der Waals surface area contributed by atoms with Crippen molar-refractivity contribution in [1.82, 2.24) is 15.5 Å². The number of aryl methyl sites for hydroxylation is 1. The van der Waals surface area contributed by atoms with Crippen LogP contribution in [0.1, 0.15) is 30.9 Å². The van der Waals surface area contributed by atoms with Crippen LogP contribution in [-0.4, -0.2) is 43.6 Å². The zero-order valence-electron chi connectivity index (χ0n) is 15.4. The van der Waals surface area contributed by atoms with Gasteiger partial charge in [-0.15, -0.1) is 24.0 Å². The number of aliphatic imine (C=N–C) groups is 1. The summed E-state index contributed by atoms with van der Waals surface area (Å²) in [5.41, 5.74) is 3.81. The summed E-state index contributed by atoms with van der Waals surface area (Å²) in [5.74, 6) is 0.885. The first kappa shape index (κ1) is 22.4. The lowest BCUT2D eigenvalue weighted by Gasteiger charge is -2.33. The first-order chi connectivity index (χ1) is 11.5. The third-order valence-corrected chi connectivity index (χ3v) is 4.89. The maximum Gasteiger partial charge on any atom is 0.191 e. The molecular formula is C19H30BrIN4. The van der Waals surface area contributed by atoms with Crippen molar-refractivity contribution in [2.75, 3.05) is 26.7 Å². The van der Waals surface area contributed by atoms with Crippen LogP contribution in [0.25, 0.3) is 0 Å². The molecule has 0 amide bonds. The molecule has 1 fully saturated rings. The molecule has 2 N–H and O–H groups in total. The molecule has 0 aliphatic carbocycles. The summed E-state index contributed by atoms with van der Waals surface area (Å²) < 4.78 is 1.12. The van der Waals surface area contributed by atoms with Gasteiger partial charge in [-0.2, -0.15) is 0 Å². The second-order valence-electron chi connectivity index (χ2n) is 6.65. The molecule has 4 nitrogen and oxygen atoms in total. The first-order valence-corrected chi connectivity index (χ1v) is 9.36. The molecular weight excluding hydrogens is 491 g/mol. The van der Waals surface area contributed by atoms with E-state index < -0.39 is 0 Å². The van der Waals surface area contributed by atoms with E-state index in [0.29, 0.717) is 6.04 Å². The van der Waals surface area contributed by atoms with E-state index >= 15 is 0 Å². The second-order valence-corrected chi connectivity index (χ2v) is 7.56. The van der Waals surface area contributed by atoms with Gasteiger partial charge in [-0.3, -0.25) is 9.89 Å². The van der Waals surface area contributed by atoms with Crippen LogP contribution < -0.4 is 10.6 Å². The van der Waals surface area contributed by atoms with E-state index in [0.717, 1.165) is 49.5 Å². The minimum absolute atomic E-state index is 0. The molecule has 1 saturated heterocycles. The Balaban J connectivity index is 0.00000312. The number of nitrogens with zero attached hydrogens (tertiary/aromatic N) is 2. The van der Waals surface area contributed by atoms with E-state index in [1.54, 1.807) is 0 Å². The van der Waals surface area contributed by atoms with Crippen molar-refractivity contribution in [3.8, 4) is 0 Å². The summed E-state index contributed by atoms with van der Waals surface area (Å²) in [6.45, 7) is 12.3. The molecule has 6 heteroatoms. The fourth-order valence-electron chi connectivity index (χ4n) is 3.04. The largest absolute Gasteiger partial charge is 0.354 e. The lowest BCUT2D eigenvalue weighted by molar-refractivity contribution is 0.221. The average Bonchev–Trinajstić information content (AvgIpc) is 2.54. The van der Waals surface area contributed by atoms with Crippen LogP contribution in [0.4, 0.5) is 0 Å². The van der Waals surface area contributed by atoms with Crippen LogP contribution in [0, 0.1) is 6.92 Å². The van der Waals surface area contributed by atoms with Crippen molar-refractivity contribution >= 4 is 45.9 Å². The van der Waals surface area contributed by atoms with Gasteiger partial charge in [-0.1, -0.05) is 34.1 Å². The predicted molar refractivity (Wildman–Crippen MR) is 122 cm³/mol. The maximum absolute atomic E-state index is 4.37. The number of rotatable bonds is 5. The normalized spacial score (nSPS) is 16.2. The molecule has 0 aromatic heterocycles. The Bertz CT molecular complexity index is 595. The van der Waals surface area contributed by atoms with E-state index in [1.807, 2.05) is 7.05 Å². The Morgan fingerprint density at radius 2 is 2.04 bits per heavy atom. The van der Waals surface area contributed by atoms with Crippen LogP contribution in [0.2, 0.25) is 0 Å². The SMILES string of the molecule is C=C(C)CN1CCC(NC(=NC)NCc2ccc(Br)cc2C)CC1.I. The highest BCUT2D eigenvalue weighted by Gasteiger charge is 2.19. The van der Waals surface area contributed by atoms with Gasteiger partial charge in [0.2, 0.25) is 0 Å². The van der Waals surface area contributed by atoms with E-state index in [-0.39, 0.29) is 24.0 Å². The van der Waals surface area contributed by atoms with Gasteiger partial charge < -0.3 is 10.6 Å². The Hall–Kier alpha value is -0.600. The van der Waals surface area contributed by atoms with Gasteiger partial charge in [0.25, 0.3) is 0 Å². The maximum atomic E-state index is 4.37. The molecule has 0 radical (unpaired) electrons. The third-order valence-electron chi connectivity index (χ3n) is 4.40. The molecule has 0 bridgehead atoms. The topological polar surface area (TPSA) is 39.7 Å².